The van der Waals surface area contributed by atoms with E-state index in [1.165, 1.54) is 30.5 Å². The molecule has 1 N–H and O–H groups in total. The largest absolute Gasteiger partial charge is 0.619 e. The molecule has 0 atom stereocenters. The van der Waals surface area contributed by atoms with Gasteiger partial charge in [0, 0.05) is 30.2 Å². The Bertz CT molecular complexity index is 1200. The van der Waals surface area contributed by atoms with E-state index in [2.05, 4.69) is 4.72 Å². The summed E-state index contributed by atoms with van der Waals surface area (Å²) in [5.74, 6) is -0.363. The molecule has 6 nitrogen and oxygen atoms in total. The Morgan fingerprint density at radius 1 is 0.848 bits per heavy atom. The molecule has 7 heteroatoms. The molecular weight excluding hydrogens is 436 g/mol. The van der Waals surface area contributed by atoms with Crippen LogP contribution in [0.15, 0.2) is 59.6 Å². The summed E-state index contributed by atoms with van der Waals surface area (Å²) in [7, 11) is -3.87. The number of carbonyl (C=O) groups is 1. The molecule has 2 aromatic carbocycles. The van der Waals surface area contributed by atoms with Crippen molar-refractivity contribution in [3.8, 4) is 0 Å². The Morgan fingerprint density at radius 2 is 1.39 bits per heavy atom. The summed E-state index contributed by atoms with van der Waals surface area (Å²) in [6, 6.07) is 12.7. The minimum absolute atomic E-state index is 0.114. The minimum Gasteiger partial charge on any atom is -0.619 e. The van der Waals surface area contributed by atoms with Gasteiger partial charge in [0.15, 0.2) is 17.7 Å². The van der Waals surface area contributed by atoms with E-state index < -0.39 is 10.0 Å². The van der Waals surface area contributed by atoms with Crippen LogP contribution in [0.25, 0.3) is 0 Å². The third-order valence-corrected chi connectivity index (χ3v) is 6.20. The number of aryl methyl sites for hydroxylation is 4. The molecule has 1 aromatic heterocycles. The SMILES string of the molecule is CC.CC.Cc1ccc(S(=O)(=O)Nc2cc(C)c(C)cc2C(=O)c2cc[n+]([O-])c(C)c2)cc1. The lowest BCUT2D eigenvalue weighted by Gasteiger charge is -2.15. The molecule has 0 amide bonds. The van der Waals surface area contributed by atoms with Gasteiger partial charge in [-0.05, 0) is 56.2 Å². The Balaban J connectivity index is 0.00000129. The van der Waals surface area contributed by atoms with Crippen molar-refractivity contribution in [3.63, 3.8) is 0 Å². The second-order valence-corrected chi connectivity index (χ2v) is 8.79. The molecule has 3 aromatic rings. The summed E-state index contributed by atoms with van der Waals surface area (Å²) in [6.45, 7) is 15.2. The van der Waals surface area contributed by atoms with Crippen LogP contribution >= 0.6 is 0 Å². The van der Waals surface area contributed by atoms with Crippen LogP contribution in [0, 0.1) is 32.9 Å². The molecule has 0 unspecified atom stereocenters. The Morgan fingerprint density at radius 3 is 1.94 bits per heavy atom. The molecule has 0 fully saturated rings. The van der Waals surface area contributed by atoms with Gasteiger partial charge < -0.3 is 5.21 Å². The number of hydrogen-bond acceptors (Lipinski definition) is 4. The van der Waals surface area contributed by atoms with E-state index >= 15 is 0 Å². The number of aromatic nitrogens is 1. The van der Waals surface area contributed by atoms with Crippen LogP contribution in [0.5, 0.6) is 0 Å². The van der Waals surface area contributed by atoms with Crippen molar-refractivity contribution in [1.29, 1.82) is 0 Å². The van der Waals surface area contributed by atoms with Crippen molar-refractivity contribution in [3.05, 3.63) is 93.4 Å². The summed E-state index contributed by atoms with van der Waals surface area (Å²) in [5, 5.41) is 11.6. The second-order valence-electron chi connectivity index (χ2n) is 7.11. The summed E-state index contributed by atoms with van der Waals surface area (Å²) in [5.41, 5.74) is 3.78. The monoisotopic (exact) mass is 470 g/mol. The number of nitrogens with zero attached hydrogens (tertiary/aromatic N) is 1. The average molecular weight is 471 g/mol. The lowest BCUT2D eigenvalue weighted by Crippen LogP contribution is -2.29. The molecular formula is C26H34N2O4S. The van der Waals surface area contributed by atoms with Crippen LogP contribution in [0.4, 0.5) is 5.69 Å². The first kappa shape index (κ1) is 27.8. The lowest BCUT2D eigenvalue weighted by atomic mass is 9.97. The van der Waals surface area contributed by atoms with Gasteiger partial charge in [0.1, 0.15) is 0 Å². The predicted octanol–water partition coefficient (Wildman–Crippen LogP) is 5.64. The molecule has 3 rings (SSSR count). The second kappa shape index (κ2) is 12.2. The van der Waals surface area contributed by atoms with Crippen LogP contribution in [0.3, 0.4) is 0 Å². The number of benzene rings is 2. The zero-order valence-electron chi connectivity index (χ0n) is 20.7. The highest BCUT2D eigenvalue weighted by Gasteiger charge is 2.21. The van der Waals surface area contributed by atoms with Gasteiger partial charge in [-0.1, -0.05) is 45.4 Å². The van der Waals surface area contributed by atoms with Gasteiger partial charge >= 0.3 is 0 Å². The van der Waals surface area contributed by atoms with Gasteiger partial charge in [-0.2, -0.15) is 4.73 Å². The summed E-state index contributed by atoms with van der Waals surface area (Å²) < 4.78 is 28.9. The molecule has 33 heavy (non-hydrogen) atoms. The average Bonchev–Trinajstić information content (AvgIpc) is 2.80. The maximum Gasteiger partial charge on any atom is 0.261 e. The van der Waals surface area contributed by atoms with Gasteiger partial charge in [-0.25, -0.2) is 8.42 Å². The number of anilines is 1. The molecule has 178 valence electrons. The Kier molecular flexibility index (Phi) is 10.3. The maximum atomic E-state index is 13.1. The molecule has 0 radical (unpaired) electrons. The van der Waals surface area contributed by atoms with Crippen molar-refractivity contribution in [2.24, 2.45) is 0 Å². The molecule has 0 bridgehead atoms. The van der Waals surface area contributed by atoms with Crippen LogP contribution in [0.2, 0.25) is 0 Å². The van der Waals surface area contributed by atoms with E-state index in [9.17, 15) is 18.4 Å². The Labute approximate surface area is 197 Å². The third-order valence-electron chi connectivity index (χ3n) is 4.82. The highest BCUT2D eigenvalue weighted by atomic mass is 32.2. The molecule has 1 heterocycles. The normalized spacial score (nSPS) is 10.3. The number of hydrogen-bond donors (Lipinski definition) is 1. The summed E-state index contributed by atoms with van der Waals surface area (Å²) in [6.07, 6.45) is 1.26. The topological polar surface area (TPSA) is 90.2 Å². The number of sulfonamides is 1. The minimum atomic E-state index is -3.87. The molecule has 0 saturated heterocycles. The number of ketones is 1. The zero-order valence-corrected chi connectivity index (χ0v) is 21.5. The number of carbonyl (C=O) groups excluding carboxylic acids is 1. The third kappa shape index (κ3) is 6.89. The number of rotatable bonds is 5. The lowest BCUT2D eigenvalue weighted by molar-refractivity contribution is -0.612. The highest BCUT2D eigenvalue weighted by Crippen LogP contribution is 2.26. The van der Waals surface area contributed by atoms with Crippen LogP contribution in [0.1, 0.15) is 66.0 Å². The van der Waals surface area contributed by atoms with Gasteiger partial charge in [-0.3, -0.25) is 9.52 Å². The summed E-state index contributed by atoms with van der Waals surface area (Å²) >= 11 is 0. The van der Waals surface area contributed by atoms with Crippen molar-refractivity contribution in [1.82, 2.24) is 0 Å². The van der Waals surface area contributed by atoms with E-state index in [4.69, 9.17) is 0 Å². The Hall–Kier alpha value is -3.19. The highest BCUT2D eigenvalue weighted by molar-refractivity contribution is 7.92. The van der Waals surface area contributed by atoms with E-state index in [0.717, 1.165) is 16.7 Å². The number of pyridine rings is 1. The van der Waals surface area contributed by atoms with E-state index in [-0.39, 0.29) is 21.9 Å². The van der Waals surface area contributed by atoms with Gasteiger partial charge in [-0.15, -0.1) is 0 Å². The van der Waals surface area contributed by atoms with Crippen molar-refractivity contribution < 1.29 is 17.9 Å². The van der Waals surface area contributed by atoms with Gasteiger partial charge in [0.2, 0.25) is 0 Å². The smallest absolute Gasteiger partial charge is 0.261 e. The standard InChI is InChI=1S/C22H22N2O4S.2C2H6/c1-14-5-7-19(8-6-14)29(27,28)23-21-12-16(3)15(2)11-20(21)22(25)18-9-10-24(26)17(4)13-18;2*1-2/h5-13,23H,1-4H3;2*1-2H3. The first-order valence-electron chi connectivity index (χ1n) is 11.0. The first-order valence-corrected chi connectivity index (χ1v) is 12.5. The fourth-order valence-corrected chi connectivity index (χ4v) is 3.98. The predicted molar refractivity (Wildman–Crippen MR) is 134 cm³/mol. The van der Waals surface area contributed by atoms with Crippen LogP contribution < -0.4 is 9.45 Å². The fourth-order valence-electron chi connectivity index (χ4n) is 2.91. The van der Waals surface area contributed by atoms with Gasteiger partial charge in [0.25, 0.3) is 10.0 Å². The van der Waals surface area contributed by atoms with E-state index in [0.29, 0.717) is 16.0 Å². The number of nitrogens with one attached hydrogen (secondary N) is 1. The molecule has 0 spiro atoms. The van der Waals surface area contributed by atoms with Crippen molar-refractivity contribution in [2.75, 3.05) is 4.72 Å². The van der Waals surface area contributed by atoms with Crippen LogP contribution in [-0.4, -0.2) is 14.2 Å². The maximum absolute atomic E-state index is 13.1. The van der Waals surface area contributed by atoms with Crippen molar-refractivity contribution in [2.45, 2.75) is 60.3 Å². The van der Waals surface area contributed by atoms with E-state index in [1.54, 1.807) is 31.2 Å². The van der Waals surface area contributed by atoms with E-state index in [1.807, 2.05) is 48.5 Å². The molecule has 0 aliphatic rings. The quantitative estimate of drug-likeness (QED) is 0.297. The fraction of sp³-hybridized carbons (Fsp3) is 0.308. The molecule has 0 aliphatic heterocycles. The first-order chi connectivity index (χ1) is 15.6. The van der Waals surface area contributed by atoms with Crippen LogP contribution in [-0.2, 0) is 10.0 Å². The van der Waals surface area contributed by atoms with Gasteiger partial charge in [0.05, 0.1) is 10.6 Å². The van der Waals surface area contributed by atoms with Crippen molar-refractivity contribution >= 4 is 21.5 Å². The molecule has 0 aliphatic carbocycles. The molecule has 0 saturated carbocycles. The summed E-state index contributed by atoms with van der Waals surface area (Å²) in [4.78, 5) is 13.2. The zero-order chi connectivity index (χ0) is 25.3.